The molecule has 0 aliphatic rings. The lowest BCUT2D eigenvalue weighted by Crippen LogP contribution is -2.05. The van der Waals surface area contributed by atoms with Gasteiger partial charge in [-0.3, -0.25) is 5.10 Å². The van der Waals surface area contributed by atoms with Crippen molar-refractivity contribution < 1.29 is 4.74 Å². The van der Waals surface area contributed by atoms with Crippen LogP contribution in [0, 0.1) is 3.70 Å². The second-order valence-corrected chi connectivity index (χ2v) is 3.29. The van der Waals surface area contributed by atoms with Crippen LogP contribution in [0.25, 0.3) is 0 Å². The lowest BCUT2D eigenvalue weighted by Gasteiger charge is -2.05. The number of hydrogen-bond acceptors (Lipinski definition) is 2. The van der Waals surface area contributed by atoms with Gasteiger partial charge in [0.05, 0.1) is 12.3 Å². The monoisotopic (exact) mass is 252 g/mol. The summed E-state index contributed by atoms with van der Waals surface area (Å²) in [5.41, 5.74) is 0. The average Bonchev–Trinajstić information content (AvgIpc) is 2.15. The molecule has 1 N–H and O–H groups in total. The van der Waals surface area contributed by atoms with Crippen LogP contribution < -0.4 is 4.74 Å². The van der Waals surface area contributed by atoms with Crippen molar-refractivity contribution in [3.63, 3.8) is 0 Å². The summed E-state index contributed by atoms with van der Waals surface area (Å²) >= 11 is 2.15. The molecule has 0 aliphatic carbocycles. The molecule has 1 aromatic heterocycles. The van der Waals surface area contributed by atoms with Crippen molar-refractivity contribution in [2.75, 3.05) is 0 Å². The number of H-pyrrole nitrogens is 1. The second kappa shape index (κ2) is 3.23. The van der Waals surface area contributed by atoms with Crippen LogP contribution in [0.3, 0.4) is 0 Å². The van der Waals surface area contributed by atoms with Gasteiger partial charge in [0.15, 0.2) is 5.75 Å². The van der Waals surface area contributed by atoms with E-state index in [-0.39, 0.29) is 6.10 Å². The Morgan fingerprint density at radius 3 is 2.80 bits per heavy atom. The number of aromatic nitrogens is 2. The molecule has 0 aromatic carbocycles. The lowest BCUT2D eigenvalue weighted by atomic mass is 10.5. The third-order valence-electron chi connectivity index (χ3n) is 0.924. The summed E-state index contributed by atoms with van der Waals surface area (Å²) in [4.78, 5) is 0. The molecule has 56 valence electrons. The van der Waals surface area contributed by atoms with E-state index >= 15 is 0 Å². The summed E-state index contributed by atoms with van der Waals surface area (Å²) in [5, 5.41) is 6.60. The first-order chi connectivity index (χ1) is 4.70. The molecule has 0 saturated heterocycles. The third-order valence-corrected chi connectivity index (χ3v) is 1.70. The molecule has 0 unspecified atom stereocenters. The van der Waals surface area contributed by atoms with Crippen LogP contribution in [0.4, 0.5) is 0 Å². The van der Waals surface area contributed by atoms with Gasteiger partial charge in [0.1, 0.15) is 3.70 Å². The van der Waals surface area contributed by atoms with Gasteiger partial charge in [0.2, 0.25) is 0 Å². The van der Waals surface area contributed by atoms with Crippen molar-refractivity contribution in [2.45, 2.75) is 20.0 Å². The number of nitrogens with zero attached hydrogens (tertiary/aromatic N) is 1. The van der Waals surface area contributed by atoms with Gasteiger partial charge in [0.25, 0.3) is 0 Å². The molecule has 0 spiro atoms. The summed E-state index contributed by atoms with van der Waals surface area (Å²) in [5.74, 6) is 0.829. The number of rotatable bonds is 2. The van der Waals surface area contributed by atoms with E-state index < -0.39 is 0 Å². The molecule has 4 heteroatoms. The Morgan fingerprint density at radius 2 is 2.40 bits per heavy atom. The molecule has 0 amide bonds. The summed E-state index contributed by atoms with van der Waals surface area (Å²) in [7, 11) is 0. The Bertz CT molecular complexity index is 209. The minimum Gasteiger partial charge on any atom is -0.487 e. The number of ether oxygens (including phenoxy) is 1. The highest BCUT2D eigenvalue weighted by Crippen LogP contribution is 2.17. The molecule has 10 heavy (non-hydrogen) atoms. The SMILES string of the molecule is CC(C)Oc1cn[nH]c1I. The first kappa shape index (κ1) is 7.84. The Morgan fingerprint density at radius 1 is 1.70 bits per heavy atom. The van der Waals surface area contributed by atoms with Crippen molar-refractivity contribution in [3.05, 3.63) is 9.90 Å². The Labute approximate surface area is 73.3 Å². The van der Waals surface area contributed by atoms with Crippen molar-refractivity contribution in [3.8, 4) is 5.75 Å². The molecule has 0 saturated carbocycles. The number of nitrogens with one attached hydrogen (secondary N) is 1. The van der Waals surface area contributed by atoms with Gasteiger partial charge in [-0.1, -0.05) is 0 Å². The molecule has 0 atom stereocenters. The molecule has 0 fully saturated rings. The van der Waals surface area contributed by atoms with Crippen LogP contribution >= 0.6 is 22.6 Å². The van der Waals surface area contributed by atoms with E-state index in [9.17, 15) is 0 Å². The molecular formula is C6H9IN2O. The number of aromatic amines is 1. The predicted molar refractivity (Wildman–Crippen MR) is 47.1 cm³/mol. The van der Waals surface area contributed by atoms with Crippen molar-refractivity contribution in [2.24, 2.45) is 0 Å². The number of halogens is 1. The quantitative estimate of drug-likeness (QED) is 0.815. The van der Waals surface area contributed by atoms with Crippen LogP contribution in [0.2, 0.25) is 0 Å². The highest BCUT2D eigenvalue weighted by molar-refractivity contribution is 14.1. The van der Waals surface area contributed by atoms with E-state index in [0.29, 0.717) is 0 Å². The van der Waals surface area contributed by atoms with E-state index in [1.807, 2.05) is 13.8 Å². The fourth-order valence-corrected chi connectivity index (χ4v) is 1.00. The Balaban J connectivity index is 2.65. The maximum Gasteiger partial charge on any atom is 0.170 e. The summed E-state index contributed by atoms with van der Waals surface area (Å²) in [6, 6.07) is 0. The molecule has 0 radical (unpaired) electrons. The van der Waals surface area contributed by atoms with Gasteiger partial charge < -0.3 is 4.74 Å². The van der Waals surface area contributed by atoms with Gasteiger partial charge in [-0.15, -0.1) is 0 Å². The van der Waals surface area contributed by atoms with Crippen LogP contribution in [-0.4, -0.2) is 16.3 Å². The predicted octanol–water partition coefficient (Wildman–Crippen LogP) is 1.80. The van der Waals surface area contributed by atoms with Crippen LogP contribution in [0.15, 0.2) is 6.20 Å². The van der Waals surface area contributed by atoms with Crippen LogP contribution in [-0.2, 0) is 0 Å². The van der Waals surface area contributed by atoms with Crippen molar-refractivity contribution >= 4 is 22.6 Å². The minimum atomic E-state index is 0.214. The average molecular weight is 252 g/mol. The maximum atomic E-state index is 5.38. The van der Waals surface area contributed by atoms with E-state index in [4.69, 9.17) is 4.74 Å². The smallest absolute Gasteiger partial charge is 0.170 e. The molecule has 3 nitrogen and oxygen atoms in total. The van der Waals surface area contributed by atoms with Crippen LogP contribution in [0.5, 0.6) is 5.75 Å². The van der Waals surface area contributed by atoms with E-state index in [0.717, 1.165) is 9.45 Å². The normalized spacial score (nSPS) is 10.4. The lowest BCUT2D eigenvalue weighted by molar-refractivity contribution is 0.240. The molecule has 1 aromatic rings. The third kappa shape index (κ3) is 1.86. The second-order valence-electron chi connectivity index (χ2n) is 2.21. The standard InChI is InChI=1S/C6H9IN2O/c1-4(2)10-5-3-8-9-6(5)7/h3-4H,1-2H3,(H,8,9). The minimum absolute atomic E-state index is 0.214. The molecule has 1 heterocycles. The molecule has 1 rings (SSSR count). The molecule has 0 aliphatic heterocycles. The first-order valence-electron chi connectivity index (χ1n) is 3.05. The van der Waals surface area contributed by atoms with Crippen molar-refractivity contribution in [1.82, 2.24) is 10.2 Å². The zero-order valence-corrected chi connectivity index (χ0v) is 8.05. The fraction of sp³-hybridized carbons (Fsp3) is 0.500. The highest BCUT2D eigenvalue weighted by Gasteiger charge is 2.03. The van der Waals surface area contributed by atoms with E-state index in [1.54, 1.807) is 6.20 Å². The van der Waals surface area contributed by atoms with Crippen LogP contribution in [0.1, 0.15) is 13.8 Å². The van der Waals surface area contributed by atoms with Gasteiger partial charge >= 0.3 is 0 Å². The largest absolute Gasteiger partial charge is 0.487 e. The number of hydrogen-bond donors (Lipinski definition) is 1. The summed E-state index contributed by atoms with van der Waals surface area (Å²) < 4.78 is 6.33. The van der Waals surface area contributed by atoms with Crippen molar-refractivity contribution in [1.29, 1.82) is 0 Å². The molecular weight excluding hydrogens is 243 g/mol. The summed E-state index contributed by atoms with van der Waals surface area (Å²) in [6.07, 6.45) is 1.90. The topological polar surface area (TPSA) is 37.9 Å². The maximum absolute atomic E-state index is 5.38. The van der Waals surface area contributed by atoms with E-state index in [2.05, 4.69) is 32.8 Å². The fourth-order valence-electron chi connectivity index (χ4n) is 0.595. The zero-order valence-electron chi connectivity index (χ0n) is 5.89. The van der Waals surface area contributed by atoms with Gasteiger partial charge in [-0.2, -0.15) is 5.10 Å². The first-order valence-corrected chi connectivity index (χ1v) is 4.13. The van der Waals surface area contributed by atoms with Gasteiger partial charge in [0, 0.05) is 0 Å². The highest BCUT2D eigenvalue weighted by atomic mass is 127. The van der Waals surface area contributed by atoms with Gasteiger partial charge in [-0.05, 0) is 36.4 Å². The van der Waals surface area contributed by atoms with E-state index in [1.165, 1.54) is 0 Å². The zero-order chi connectivity index (χ0) is 7.56. The molecule has 0 bridgehead atoms. The summed E-state index contributed by atoms with van der Waals surface area (Å²) in [6.45, 7) is 3.98. The Hall–Kier alpha value is -0.260. The van der Waals surface area contributed by atoms with Gasteiger partial charge in [-0.25, -0.2) is 0 Å². The Kier molecular flexibility index (Phi) is 2.53.